The lowest BCUT2D eigenvalue weighted by atomic mass is 10.0. The highest BCUT2D eigenvalue weighted by Gasteiger charge is 2.39. The maximum absolute atomic E-state index is 14.3. The summed E-state index contributed by atoms with van der Waals surface area (Å²) >= 11 is 3.88. The van der Waals surface area contributed by atoms with Crippen LogP contribution < -0.4 is 48.7 Å². The summed E-state index contributed by atoms with van der Waals surface area (Å²) in [5, 5.41) is 65.8. The van der Waals surface area contributed by atoms with E-state index >= 15 is 0 Å². The predicted octanol–water partition coefficient (Wildman–Crippen LogP) is -1.55. The van der Waals surface area contributed by atoms with Gasteiger partial charge in [0.15, 0.2) is 0 Å². The number of aliphatic hydroxyl groups is 3. The first-order valence-electron chi connectivity index (χ1n) is 24.6. The second kappa shape index (κ2) is 32.3. The van der Waals surface area contributed by atoms with Crippen molar-refractivity contribution in [3.63, 3.8) is 0 Å². The average Bonchev–Trinajstić information content (AvgIpc) is 3.81. The van der Waals surface area contributed by atoms with Crippen LogP contribution in [0.25, 0.3) is 10.9 Å². The first-order chi connectivity index (χ1) is 37.3. The number of fused-ring (bicyclic) bond motifs is 1. The number of unbranched alkanes of at least 4 members (excludes halogenated alkanes) is 1. The number of aliphatic carboxylic acids is 2. The monoisotopic (exact) mass is 1130 g/mol. The molecule has 0 spiro atoms. The zero-order valence-electron chi connectivity index (χ0n) is 42.9. The summed E-state index contributed by atoms with van der Waals surface area (Å²) < 4.78 is 31.7. The number of thiol groups is 1. The van der Waals surface area contributed by atoms with Crippen LogP contribution in [0.1, 0.15) is 49.8 Å². The van der Waals surface area contributed by atoms with E-state index in [0.717, 1.165) is 23.4 Å². The van der Waals surface area contributed by atoms with Crippen molar-refractivity contribution in [3.05, 3.63) is 108 Å². The minimum atomic E-state index is -5.08. The highest BCUT2D eigenvalue weighted by molar-refractivity contribution is 7.80. The molecule has 10 atom stereocenters. The molecular formula is C51H67F3N10O14S. The van der Waals surface area contributed by atoms with Crippen molar-refractivity contribution in [1.82, 2.24) is 42.2 Å². The maximum atomic E-state index is 14.3. The van der Waals surface area contributed by atoms with Crippen molar-refractivity contribution in [2.45, 2.75) is 119 Å². The van der Waals surface area contributed by atoms with Crippen molar-refractivity contribution in [2.75, 3.05) is 18.9 Å². The number of hydrogen-bond donors (Lipinski definition) is 16. The van der Waals surface area contributed by atoms with Crippen LogP contribution in [0.2, 0.25) is 0 Å². The van der Waals surface area contributed by atoms with E-state index in [-0.39, 0.29) is 38.0 Å². The van der Waals surface area contributed by atoms with Crippen LogP contribution in [-0.4, -0.2) is 169 Å². The number of carbonyl (C=O) groups excluding carboxylic acids is 7. The van der Waals surface area contributed by atoms with Crippen LogP contribution in [0.3, 0.4) is 0 Å². The number of hydrogen-bond acceptors (Lipinski definition) is 15. The number of amides is 7. The second-order valence-electron chi connectivity index (χ2n) is 18.1. The Balaban J connectivity index is 0.00000219. The number of carboxylic acid groups (broad SMARTS) is 2. The van der Waals surface area contributed by atoms with E-state index in [1.54, 1.807) is 36.5 Å². The Bertz CT molecular complexity index is 2670. The van der Waals surface area contributed by atoms with Crippen LogP contribution in [0.5, 0.6) is 0 Å². The van der Waals surface area contributed by atoms with Crippen molar-refractivity contribution in [2.24, 2.45) is 11.5 Å². The Morgan fingerprint density at radius 3 is 1.51 bits per heavy atom. The molecule has 3 aromatic carbocycles. The van der Waals surface area contributed by atoms with Crippen molar-refractivity contribution < 1.29 is 81.9 Å². The largest absolute Gasteiger partial charge is 0.490 e. The number of halogens is 3. The second-order valence-corrected chi connectivity index (χ2v) is 18.5. The molecule has 0 radical (unpaired) electrons. The fraction of sp³-hybridized carbons (Fsp3) is 0.431. The summed E-state index contributed by atoms with van der Waals surface area (Å²) in [7, 11) is 0. The van der Waals surface area contributed by atoms with Gasteiger partial charge in [-0.25, -0.2) is 9.59 Å². The molecule has 79 heavy (non-hydrogen) atoms. The predicted molar refractivity (Wildman–Crippen MR) is 282 cm³/mol. The molecule has 0 aliphatic rings. The lowest BCUT2D eigenvalue weighted by molar-refractivity contribution is -0.192. The summed E-state index contributed by atoms with van der Waals surface area (Å²) in [5.41, 5.74) is 14.9. The van der Waals surface area contributed by atoms with Gasteiger partial charge in [-0.05, 0) is 68.8 Å². The summed E-state index contributed by atoms with van der Waals surface area (Å²) in [6.07, 6.45) is -5.87. The SMILES string of the molecule is CC(O)C(NC(=O)C(Cc1ccccc1)NC(=O)C(NC(=O)C(CCCCN)NC(=O)C(Cc1c[nH]c2ccccc12)NC(=O)C(N)Cc1ccccc1)C(C)O)C(=O)NC(CO)C(=O)NC(CS)C(=O)O.O=C(O)C(F)(F)F. The Labute approximate surface area is 456 Å². The molecule has 4 rings (SSSR count). The molecule has 0 bridgehead atoms. The van der Waals surface area contributed by atoms with Gasteiger partial charge in [0, 0.05) is 35.7 Å². The first-order valence-corrected chi connectivity index (χ1v) is 25.3. The van der Waals surface area contributed by atoms with E-state index in [1.807, 2.05) is 54.6 Å². The number of rotatable bonds is 29. The van der Waals surface area contributed by atoms with Gasteiger partial charge in [-0.3, -0.25) is 33.6 Å². The van der Waals surface area contributed by atoms with Crippen molar-refractivity contribution >= 4 is 76.8 Å². The topological polar surface area (TPSA) is 407 Å². The summed E-state index contributed by atoms with van der Waals surface area (Å²) in [4.78, 5) is 120. The number of aromatic nitrogens is 1. The standard InChI is InChI=1S/C49H66N10O12S.C2HF3O2/c1-27(61)40(47(68)55-36(22-30-15-7-4-8-16-30)45(66)59-41(28(2)62)48(69)56-38(25-60)46(67)57-39(26-72)49(70)71)58-43(64)35(19-11-12-20-50)53-44(65)37(23-31-24-52-34-18-10-9-17-32(31)34)54-42(63)33(51)21-29-13-5-3-6-14-29;3-2(4,5)1(6)7/h3-10,13-18,24,27-28,33,35-41,52,60-62,72H,11-12,19-23,25-26,50-51H2,1-2H3,(H,53,65)(H,54,63)(H,55,68)(H,56,69)(H,57,67)(H,58,64)(H,59,66)(H,70,71);(H,6,7). The van der Waals surface area contributed by atoms with E-state index in [9.17, 15) is 72.0 Å². The fourth-order valence-corrected chi connectivity index (χ4v) is 7.80. The van der Waals surface area contributed by atoms with Gasteiger partial charge in [-0.15, -0.1) is 0 Å². The van der Waals surface area contributed by atoms with Crippen molar-refractivity contribution in [3.8, 4) is 0 Å². The summed E-state index contributed by atoms with van der Waals surface area (Å²) in [6.45, 7) is 1.61. The fourth-order valence-electron chi connectivity index (χ4n) is 7.56. The third-order valence-electron chi connectivity index (χ3n) is 11.8. The van der Waals surface area contributed by atoms with E-state index in [4.69, 9.17) is 21.4 Å². The Morgan fingerprint density at radius 1 is 0.582 bits per heavy atom. The lowest BCUT2D eigenvalue weighted by Crippen LogP contribution is -2.63. The molecule has 1 aromatic heterocycles. The third kappa shape index (κ3) is 21.6. The number of carboxylic acids is 2. The van der Waals surface area contributed by atoms with Crippen LogP contribution in [0, 0.1) is 0 Å². The summed E-state index contributed by atoms with van der Waals surface area (Å²) in [5.74, 6) is -11.1. The summed E-state index contributed by atoms with van der Waals surface area (Å²) in [6, 6.07) is 12.8. The van der Waals surface area contributed by atoms with E-state index in [2.05, 4.69) is 54.8 Å². The zero-order valence-corrected chi connectivity index (χ0v) is 43.8. The van der Waals surface area contributed by atoms with E-state index < -0.39 is 127 Å². The van der Waals surface area contributed by atoms with Gasteiger partial charge in [0.2, 0.25) is 41.4 Å². The highest BCUT2D eigenvalue weighted by atomic mass is 32.1. The highest BCUT2D eigenvalue weighted by Crippen LogP contribution is 2.20. The molecule has 28 heteroatoms. The number of carbonyl (C=O) groups is 9. The molecule has 432 valence electrons. The zero-order chi connectivity index (χ0) is 59.0. The normalized spacial score (nSPS) is 15.0. The van der Waals surface area contributed by atoms with Gasteiger partial charge >= 0.3 is 18.1 Å². The van der Waals surface area contributed by atoms with Crippen LogP contribution in [0.4, 0.5) is 13.2 Å². The van der Waals surface area contributed by atoms with Gasteiger partial charge in [0.1, 0.15) is 42.3 Å². The molecule has 4 aromatic rings. The number of alkyl halides is 3. The molecule has 17 N–H and O–H groups in total. The molecule has 10 unspecified atom stereocenters. The van der Waals surface area contributed by atoms with Gasteiger partial charge in [-0.2, -0.15) is 25.8 Å². The van der Waals surface area contributed by atoms with E-state index in [0.29, 0.717) is 24.0 Å². The number of aromatic amines is 1. The Kier molecular flexibility index (Phi) is 26.9. The van der Waals surface area contributed by atoms with Gasteiger partial charge in [0.05, 0.1) is 24.9 Å². The Morgan fingerprint density at radius 2 is 1.01 bits per heavy atom. The van der Waals surface area contributed by atoms with Gasteiger partial charge in [0.25, 0.3) is 0 Å². The molecular weight excluding hydrogens is 1070 g/mol. The molecule has 24 nitrogen and oxygen atoms in total. The van der Waals surface area contributed by atoms with Crippen LogP contribution in [-0.2, 0) is 62.4 Å². The number of benzene rings is 3. The number of H-pyrrole nitrogens is 1. The quantitative estimate of drug-likeness (QED) is 0.0216. The van der Waals surface area contributed by atoms with Gasteiger partial charge < -0.3 is 79.2 Å². The third-order valence-corrected chi connectivity index (χ3v) is 12.2. The van der Waals surface area contributed by atoms with Crippen molar-refractivity contribution in [1.29, 1.82) is 0 Å². The minimum Gasteiger partial charge on any atom is -0.480 e. The number of para-hydroxylation sites is 1. The molecule has 0 saturated carbocycles. The number of aliphatic hydroxyl groups excluding tert-OH is 3. The van der Waals surface area contributed by atoms with E-state index in [1.165, 1.54) is 6.92 Å². The molecule has 1 heterocycles. The number of nitrogens with two attached hydrogens (primary N) is 2. The number of nitrogens with one attached hydrogen (secondary N) is 8. The average molecular weight is 1130 g/mol. The van der Waals surface area contributed by atoms with Crippen LogP contribution >= 0.6 is 12.6 Å². The smallest absolute Gasteiger partial charge is 0.480 e. The maximum Gasteiger partial charge on any atom is 0.490 e. The molecule has 0 aliphatic carbocycles. The van der Waals surface area contributed by atoms with Gasteiger partial charge in [-0.1, -0.05) is 78.9 Å². The molecule has 0 saturated heterocycles. The van der Waals surface area contributed by atoms with Crippen LogP contribution in [0.15, 0.2) is 91.1 Å². The molecule has 0 fully saturated rings. The first kappa shape index (κ1) is 65.7. The Hall–Kier alpha value is -7.63. The molecule has 7 amide bonds. The lowest BCUT2D eigenvalue weighted by Gasteiger charge is -2.29. The minimum absolute atomic E-state index is 0.0140. The molecule has 0 aliphatic heterocycles.